The first-order valence-corrected chi connectivity index (χ1v) is 9.31. The summed E-state index contributed by atoms with van der Waals surface area (Å²) in [4.78, 5) is 34.0. The van der Waals surface area contributed by atoms with Crippen LogP contribution in [-0.4, -0.2) is 31.2 Å². The van der Waals surface area contributed by atoms with Crippen molar-refractivity contribution in [1.29, 1.82) is 0 Å². The van der Waals surface area contributed by atoms with Crippen LogP contribution < -0.4 is 19.8 Å². The third-order valence-corrected chi connectivity index (χ3v) is 4.45. The Balaban J connectivity index is 1.68. The summed E-state index contributed by atoms with van der Waals surface area (Å²) in [6, 6.07) is 7.84. The summed E-state index contributed by atoms with van der Waals surface area (Å²) in [5, 5.41) is 12.0. The first-order valence-electron chi connectivity index (χ1n) is 9.31. The predicted octanol–water partition coefficient (Wildman–Crippen LogP) is 3.74. The number of rotatable bonds is 9. The minimum absolute atomic E-state index is 0.102. The van der Waals surface area contributed by atoms with Crippen molar-refractivity contribution in [3.05, 3.63) is 68.1 Å². The van der Waals surface area contributed by atoms with Crippen molar-refractivity contribution in [2.45, 2.75) is 20.1 Å². The van der Waals surface area contributed by atoms with Gasteiger partial charge in [0.1, 0.15) is 17.9 Å². The second kappa shape index (κ2) is 9.94. The van der Waals surface area contributed by atoms with Crippen LogP contribution in [0.25, 0.3) is 11.0 Å². The van der Waals surface area contributed by atoms with Gasteiger partial charge in [-0.05, 0) is 30.7 Å². The summed E-state index contributed by atoms with van der Waals surface area (Å²) >= 11 is 0. The second-order valence-corrected chi connectivity index (χ2v) is 6.62. The van der Waals surface area contributed by atoms with E-state index >= 15 is 0 Å². The van der Waals surface area contributed by atoms with Crippen LogP contribution >= 0.6 is 0 Å². The van der Waals surface area contributed by atoms with Crippen molar-refractivity contribution in [3.63, 3.8) is 0 Å². The van der Waals surface area contributed by atoms with E-state index in [1.807, 2.05) is 0 Å². The molecular formula is C21H17F2NO9. The molecule has 0 bridgehead atoms. The fourth-order valence-corrected chi connectivity index (χ4v) is 2.96. The maximum Gasteiger partial charge on any atom is 0.387 e. The molecule has 0 aliphatic carbocycles. The molecule has 0 aliphatic rings. The zero-order valence-electron chi connectivity index (χ0n) is 17.3. The highest BCUT2D eigenvalue weighted by Gasteiger charge is 2.22. The van der Waals surface area contributed by atoms with Gasteiger partial charge in [-0.2, -0.15) is 8.78 Å². The lowest BCUT2D eigenvalue weighted by molar-refractivity contribution is -0.386. The first kappa shape index (κ1) is 23.4. The van der Waals surface area contributed by atoms with Gasteiger partial charge in [0.15, 0.2) is 18.1 Å². The number of ether oxygens (including phenoxy) is 4. The molecule has 0 amide bonds. The standard InChI is InChI=1S/C21H17F2NO9/c1-11-5-19(25)32-16-7-13(3-4-14(11)16)30-10-20(26)31-9-12-6-17(29-2)18(33-21(22)23)8-15(12)24(27)28/h3-8,21H,9-10H2,1-2H3. The number of benzene rings is 2. The molecule has 3 aromatic rings. The number of carbonyl (C=O) groups excluding carboxylic acids is 1. The van der Waals surface area contributed by atoms with Gasteiger partial charge in [0.25, 0.3) is 5.69 Å². The van der Waals surface area contributed by atoms with Crippen LogP contribution in [0, 0.1) is 17.0 Å². The minimum Gasteiger partial charge on any atom is -0.493 e. The molecular weight excluding hydrogens is 448 g/mol. The highest BCUT2D eigenvalue weighted by Crippen LogP contribution is 2.36. The molecule has 0 fully saturated rings. The summed E-state index contributed by atoms with van der Waals surface area (Å²) in [7, 11) is 1.16. The van der Waals surface area contributed by atoms with E-state index < -0.39 is 47.8 Å². The molecule has 1 aromatic heterocycles. The zero-order chi connectivity index (χ0) is 24.1. The number of hydrogen-bond donors (Lipinski definition) is 0. The number of esters is 1. The van der Waals surface area contributed by atoms with E-state index in [2.05, 4.69) is 4.74 Å². The summed E-state index contributed by atoms with van der Waals surface area (Å²) in [6.45, 7) is -2.56. The molecule has 0 aliphatic heterocycles. The van der Waals surface area contributed by atoms with E-state index in [0.29, 0.717) is 10.9 Å². The zero-order valence-corrected chi connectivity index (χ0v) is 17.3. The Bertz CT molecular complexity index is 1260. The van der Waals surface area contributed by atoms with E-state index in [4.69, 9.17) is 18.6 Å². The molecule has 0 spiro atoms. The topological polar surface area (TPSA) is 127 Å². The SMILES string of the molecule is COc1cc(COC(=O)COc2ccc3c(C)cc(=O)oc3c2)c([N+](=O)[O-])cc1OC(F)F. The van der Waals surface area contributed by atoms with Gasteiger partial charge in [-0.3, -0.25) is 10.1 Å². The average Bonchev–Trinajstić information content (AvgIpc) is 2.75. The Kier molecular flexibility index (Phi) is 7.06. The third kappa shape index (κ3) is 5.73. The quantitative estimate of drug-likeness (QED) is 0.201. The third-order valence-electron chi connectivity index (χ3n) is 4.45. The molecule has 0 saturated carbocycles. The number of fused-ring (bicyclic) bond motifs is 1. The second-order valence-electron chi connectivity index (χ2n) is 6.62. The Morgan fingerprint density at radius 1 is 1.18 bits per heavy atom. The number of methoxy groups -OCH3 is 1. The van der Waals surface area contributed by atoms with Gasteiger partial charge in [-0.25, -0.2) is 9.59 Å². The first-order chi connectivity index (χ1) is 15.7. The van der Waals surface area contributed by atoms with Gasteiger partial charge in [-0.1, -0.05) is 0 Å². The Labute approximate surface area is 184 Å². The molecule has 2 aromatic carbocycles. The van der Waals surface area contributed by atoms with E-state index in [1.54, 1.807) is 19.1 Å². The summed E-state index contributed by atoms with van der Waals surface area (Å²) in [5.74, 6) is -1.36. The van der Waals surface area contributed by atoms with Crippen LogP contribution in [0.4, 0.5) is 14.5 Å². The van der Waals surface area contributed by atoms with Crippen LogP contribution in [0.1, 0.15) is 11.1 Å². The van der Waals surface area contributed by atoms with Crippen molar-refractivity contribution in [2.75, 3.05) is 13.7 Å². The van der Waals surface area contributed by atoms with Crippen LogP contribution in [-0.2, 0) is 16.1 Å². The van der Waals surface area contributed by atoms with Crippen LogP contribution in [0.5, 0.6) is 17.2 Å². The van der Waals surface area contributed by atoms with Gasteiger partial charge in [0.2, 0.25) is 0 Å². The normalized spacial score (nSPS) is 10.8. The lowest BCUT2D eigenvalue weighted by atomic mass is 10.1. The lowest BCUT2D eigenvalue weighted by Crippen LogP contribution is -2.15. The van der Waals surface area contributed by atoms with E-state index in [0.717, 1.165) is 19.2 Å². The maximum atomic E-state index is 12.5. The molecule has 1 heterocycles. The highest BCUT2D eigenvalue weighted by molar-refractivity contribution is 5.81. The Hall–Kier alpha value is -4.22. The van der Waals surface area contributed by atoms with Crippen LogP contribution in [0.15, 0.2) is 45.6 Å². The maximum absolute atomic E-state index is 12.5. The molecule has 174 valence electrons. The lowest BCUT2D eigenvalue weighted by Gasteiger charge is -2.12. The number of alkyl halides is 2. The Morgan fingerprint density at radius 3 is 2.61 bits per heavy atom. The van der Waals surface area contributed by atoms with Gasteiger partial charge in [0.05, 0.1) is 23.7 Å². The van der Waals surface area contributed by atoms with Crippen molar-refractivity contribution in [2.24, 2.45) is 0 Å². The molecule has 0 N–H and O–H groups in total. The summed E-state index contributed by atoms with van der Waals surface area (Å²) < 4.78 is 49.6. The molecule has 33 heavy (non-hydrogen) atoms. The molecule has 0 radical (unpaired) electrons. The Morgan fingerprint density at radius 2 is 1.94 bits per heavy atom. The van der Waals surface area contributed by atoms with Crippen LogP contribution in [0.3, 0.4) is 0 Å². The van der Waals surface area contributed by atoms with Gasteiger partial charge in [-0.15, -0.1) is 0 Å². The number of halogens is 2. The van der Waals surface area contributed by atoms with Crippen molar-refractivity contribution >= 4 is 22.6 Å². The number of nitro groups is 1. The molecule has 10 nitrogen and oxygen atoms in total. The smallest absolute Gasteiger partial charge is 0.387 e. The summed E-state index contributed by atoms with van der Waals surface area (Å²) in [5.41, 5.74) is -0.234. The highest BCUT2D eigenvalue weighted by atomic mass is 19.3. The number of aryl methyl sites for hydroxylation is 1. The average molecular weight is 465 g/mol. The fraction of sp³-hybridized carbons (Fsp3) is 0.238. The number of nitro benzene ring substituents is 1. The number of carbonyl (C=O) groups is 1. The fourth-order valence-electron chi connectivity index (χ4n) is 2.96. The van der Waals surface area contributed by atoms with E-state index in [1.165, 1.54) is 12.1 Å². The minimum atomic E-state index is -3.22. The van der Waals surface area contributed by atoms with Crippen molar-refractivity contribution in [1.82, 2.24) is 0 Å². The van der Waals surface area contributed by atoms with Crippen LogP contribution in [0.2, 0.25) is 0 Å². The monoisotopic (exact) mass is 465 g/mol. The molecule has 12 heteroatoms. The van der Waals surface area contributed by atoms with E-state index in [9.17, 15) is 28.5 Å². The van der Waals surface area contributed by atoms with E-state index in [-0.39, 0.29) is 22.6 Å². The van der Waals surface area contributed by atoms with Gasteiger partial charge in [0, 0.05) is 17.5 Å². The predicted molar refractivity (Wildman–Crippen MR) is 109 cm³/mol. The summed E-state index contributed by atoms with van der Waals surface area (Å²) in [6.07, 6.45) is 0. The molecule has 0 saturated heterocycles. The largest absolute Gasteiger partial charge is 0.493 e. The number of hydrogen-bond acceptors (Lipinski definition) is 9. The number of nitrogens with zero attached hydrogens (tertiary/aromatic N) is 1. The van der Waals surface area contributed by atoms with Gasteiger partial charge < -0.3 is 23.4 Å². The molecule has 0 unspecified atom stereocenters. The van der Waals surface area contributed by atoms with Gasteiger partial charge >= 0.3 is 18.2 Å². The molecule has 0 atom stereocenters. The van der Waals surface area contributed by atoms with Crippen molar-refractivity contribution < 1.29 is 41.9 Å². The van der Waals surface area contributed by atoms with Crippen molar-refractivity contribution in [3.8, 4) is 17.2 Å². The molecule has 3 rings (SSSR count).